The van der Waals surface area contributed by atoms with E-state index in [2.05, 4.69) is 89.1 Å². The van der Waals surface area contributed by atoms with Crippen molar-refractivity contribution in [3.8, 4) is 0 Å². The predicted octanol–water partition coefficient (Wildman–Crippen LogP) is 5.75. The van der Waals surface area contributed by atoms with E-state index < -0.39 is 0 Å². The molecule has 0 amide bonds. The van der Waals surface area contributed by atoms with Gasteiger partial charge in [-0.1, -0.05) is 37.9 Å². The molecule has 21 heavy (non-hydrogen) atoms. The monoisotopic (exact) mass is 409 g/mol. The van der Waals surface area contributed by atoms with Crippen molar-refractivity contribution in [1.29, 1.82) is 0 Å². The summed E-state index contributed by atoms with van der Waals surface area (Å²) < 4.78 is 2.18. The molecule has 0 radical (unpaired) electrons. The van der Waals surface area contributed by atoms with Gasteiger partial charge >= 0.3 is 0 Å². The van der Waals surface area contributed by atoms with Crippen LogP contribution in [0.5, 0.6) is 0 Å². The Hall–Kier alpha value is -0.640. The van der Waals surface area contributed by atoms with Crippen molar-refractivity contribution in [2.45, 2.75) is 33.7 Å². The Morgan fingerprint density at radius 2 is 1.29 bits per heavy atom. The molecule has 0 bridgehead atoms. The molecule has 0 aliphatic rings. The van der Waals surface area contributed by atoms with Crippen LogP contribution < -0.4 is 5.32 Å². The molecule has 2 rings (SSSR count). The smallest absolute Gasteiger partial charge is 0.0580 e. The zero-order valence-corrected chi connectivity index (χ0v) is 16.3. The molecule has 2 aromatic carbocycles. The lowest BCUT2D eigenvalue weighted by Crippen LogP contribution is -2.21. The molecule has 1 N–H and O–H groups in total. The van der Waals surface area contributed by atoms with Crippen molar-refractivity contribution in [2.75, 3.05) is 7.05 Å². The normalized spacial score (nSPS) is 12.5. The first kappa shape index (κ1) is 16.7. The Kier molecular flexibility index (Phi) is 5.29. The highest BCUT2D eigenvalue weighted by Crippen LogP contribution is 2.33. The molecule has 0 saturated carbocycles. The molecule has 3 heteroatoms. The van der Waals surface area contributed by atoms with Gasteiger partial charge in [-0.25, -0.2) is 0 Å². The molecular formula is C18H21Br2N. The summed E-state index contributed by atoms with van der Waals surface area (Å²) in [4.78, 5) is 0. The van der Waals surface area contributed by atoms with Crippen LogP contribution in [0, 0.1) is 27.7 Å². The van der Waals surface area contributed by atoms with Crippen molar-refractivity contribution in [1.82, 2.24) is 5.32 Å². The molecule has 1 unspecified atom stereocenters. The SMILES string of the molecule is CNC(c1cc(Br)cc(Br)c1)c1c(C)c(C)cc(C)c1C. The highest BCUT2D eigenvalue weighted by Gasteiger charge is 2.19. The fourth-order valence-corrected chi connectivity index (χ4v) is 4.23. The maximum atomic E-state index is 3.59. The fraction of sp³-hybridized carbons (Fsp3) is 0.333. The topological polar surface area (TPSA) is 12.0 Å². The fourth-order valence-electron chi connectivity index (χ4n) is 2.90. The van der Waals surface area contributed by atoms with Gasteiger partial charge in [-0.15, -0.1) is 0 Å². The first-order chi connectivity index (χ1) is 9.85. The van der Waals surface area contributed by atoms with Gasteiger partial charge in [0.2, 0.25) is 0 Å². The minimum Gasteiger partial charge on any atom is -0.309 e. The van der Waals surface area contributed by atoms with Crippen LogP contribution in [0.15, 0.2) is 33.2 Å². The summed E-state index contributed by atoms with van der Waals surface area (Å²) in [5, 5.41) is 3.48. The van der Waals surface area contributed by atoms with Gasteiger partial charge in [-0.05, 0) is 86.3 Å². The number of aryl methyl sites for hydroxylation is 2. The van der Waals surface area contributed by atoms with Gasteiger partial charge in [0.15, 0.2) is 0 Å². The highest BCUT2D eigenvalue weighted by atomic mass is 79.9. The molecule has 0 fully saturated rings. The van der Waals surface area contributed by atoms with E-state index in [-0.39, 0.29) is 6.04 Å². The summed E-state index contributed by atoms with van der Waals surface area (Å²) in [6.45, 7) is 8.81. The van der Waals surface area contributed by atoms with Gasteiger partial charge in [0.05, 0.1) is 6.04 Å². The van der Waals surface area contributed by atoms with Crippen molar-refractivity contribution in [3.63, 3.8) is 0 Å². The zero-order valence-electron chi connectivity index (χ0n) is 13.1. The summed E-state index contributed by atoms with van der Waals surface area (Å²) >= 11 is 7.18. The first-order valence-electron chi connectivity index (χ1n) is 7.05. The van der Waals surface area contributed by atoms with Gasteiger partial charge in [-0.3, -0.25) is 0 Å². The molecule has 0 aliphatic carbocycles. The van der Waals surface area contributed by atoms with E-state index >= 15 is 0 Å². The van der Waals surface area contributed by atoms with Crippen LogP contribution in [0.4, 0.5) is 0 Å². The second-order valence-corrected chi connectivity index (χ2v) is 7.43. The van der Waals surface area contributed by atoms with E-state index in [1.165, 1.54) is 33.4 Å². The molecule has 1 atom stereocenters. The maximum Gasteiger partial charge on any atom is 0.0580 e. The molecular weight excluding hydrogens is 390 g/mol. The zero-order chi connectivity index (χ0) is 15.7. The second kappa shape index (κ2) is 6.64. The van der Waals surface area contributed by atoms with Crippen LogP contribution >= 0.6 is 31.9 Å². The van der Waals surface area contributed by atoms with Crippen molar-refractivity contribution in [3.05, 3.63) is 66.6 Å². The number of rotatable bonds is 3. The predicted molar refractivity (Wildman–Crippen MR) is 98.1 cm³/mol. The van der Waals surface area contributed by atoms with Crippen molar-refractivity contribution >= 4 is 31.9 Å². The van der Waals surface area contributed by atoms with Gasteiger partial charge in [0, 0.05) is 8.95 Å². The lowest BCUT2D eigenvalue weighted by Gasteiger charge is -2.24. The van der Waals surface area contributed by atoms with E-state index in [1.54, 1.807) is 0 Å². The standard InChI is InChI=1S/C18H21Br2N/c1-10-6-11(2)13(4)17(12(10)3)18(21-5)14-7-15(19)9-16(20)8-14/h6-9,18,21H,1-5H3. The van der Waals surface area contributed by atoms with Crippen LogP contribution in [0.3, 0.4) is 0 Å². The van der Waals surface area contributed by atoms with Crippen LogP contribution in [-0.4, -0.2) is 7.05 Å². The third-order valence-electron chi connectivity index (χ3n) is 4.22. The molecule has 112 valence electrons. The Labute approximate surface area is 144 Å². The van der Waals surface area contributed by atoms with E-state index in [4.69, 9.17) is 0 Å². The minimum atomic E-state index is 0.192. The Bertz CT molecular complexity index is 631. The van der Waals surface area contributed by atoms with Crippen molar-refractivity contribution in [2.24, 2.45) is 0 Å². The Morgan fingerprint density at radius 1 is 0.810 bits per heavy atom. The number of hydrogen-bond donors (Lipinski definition) is 1. The van der Waals surface area contributed by atoms with E-state index in [0.717, 1.165) is 8.95 Å². The summed E-state index contributed by atoms with van der Waals surface area (Å²) in [6.07, 6.45) is 0. The van der Waals surface area contributed by atoms with Crippen LogP contribution in [0.25, 0.3) is 0 Å². The van der Waals surface area contributed by atoms with Gasteiger partial charge < -0.3 is 5.32 Å². The number of benzene rings is 2. The Balaban J connectivity index is 2.67. The van der Waals surface area contributed by atoms with E-state index in [9.17, 15) is 0 Å². The first-order valence-corrected chi connectivity index (χ1v) is 8.64. The number of nitrogens with one attached hydrogen (secondary N) is 1. The molecule has 1 nitrogen and oxygen atoms in total. The molecule has 0 aromatic heterocycles. The average molecular weight is 411 g/mol. The van der Waals surface area contributed by atoms with Gasteiger partial charge in [0.1, 0.15) is 0 Å². The van der Waals surface area contributed by atoms with E-state index in [0.29, 0.717) is 0 Å². The highest BCUT2D eigenvalue weighted by molar-refractivity contribution is 9.11. The van der Waals surface area contributed by atoms with Crippen LogP contribution in [-0.2, 0) is 0 Å². The quantitative estimate of drug-likeness (QED) is 0.678. The molecule has 0 spiro atoms. The number of halogens is 2. The largest absolute Gasteiger partial charge is 0.309 e. The summed E-state index contributed by atoms with van der Waals surface area (Å²) in [5.74, 6) is 0. The van der Waals surface area contributed by atoms with E-state index in [1.807, 2.05) is 7.05 Å². The molecule has 2 aromatic rings. The lowest BCUT2D eigenvalue weighted by molar-refractivity contribution is 0.680. The lowest BCUT2D eigenvalue weighted by atomic mass is 9.87. The van der Waals surface area contributed by atoms with Gasteiger partial charge in [0.25, 0.3) is 0 Å². The minimum absolute atomic E-state index is 0.192. The number of hydrogen-bond acceptors (Lipinski definition) is 1. The molecule has 0 saturated heterocycles. The maximum absolute atomic E-state index is 3.59. The third kappa shape index (κ3) is 3.41. The van der Waals surface area contributed by atoms with Gasteiger partial charge in [-0.2, -0.15) is 0 Å². The molecule has 0 heterocycles. The summed E-state index contributed by atoms with van der Waals surface area (Å²) in [6, 6.07) is 8.90. The summed E-state index contributed by atoms with van der Waals surface area (Å²) in [7, 11) is 2.02. The second-order valence-electron chi connectivity index (χ2n) is 5.60. The van der Waals surface area contributed by atoms with Crippen LogP contribution in [0.2, 0.25) is 0 Å². The summed E-state index contributed by atoms with van der Waals surface area (Å²) in [5.41, 5.74) is 8.09. The van der Waals surface area contributed by atoms with Crippen molar-refractivity contribution < 1.29 is 0 Å². The van der Waals surface area contributed by atoms with Crippen LogP contribution in [0.1, 0.15) is 39.4 Å². The average Bonchev–Trinajstić information content (AvgIpc) is 2.40. The third-order valence-corrected chi connectivity index (χ3v) is 5.14. The Morgan fingerprint density at radius 3 is 1.71 bits per heavy atom. The molecule has 0 aliphatic heterocycles.